The number of fused-ring (bicyclic) bond motifs is 4. The number of para-hydroxylation sites is 1. The molecule has 1 unspecified atom stereocenters. The van der Waals surface area contributed by atoms with Crippen molar-refractivity contribution in [2.24, 2.45) is 23.2 Å². The van der Waals surface area contributed by atoms with Crippen LogP contribution in [0.15, 0.2) is 35.7 Å². The van der Waals surface area contributed by atoms with Gasteiger partial charge < -0.3 is 19.7 Å². The number of amides is 3. The van der Waals surface area contributed by atoms with Crippen LogP contribution in [0.3, 0.4) is 0 Å². The van der Waals surface area contributed by atoms with Crippen molar-refractivity contribution in [1.82, 2.24) is 29.5 Å². The third kappa shape index (κ3) is 8.39. The molecule has 64 heavy (non-hydrogen) atoms. The third-order valence-electron chi connectivity index (χ3n) is 15.6. The zero-order valence-corrected chi connectivity index (χ0v) is 38.9. The highest BCUT2D eigenvalue weighted by Gasteiger charge is 2.63. The Balaban J connectivity index is 0.950. The van der Waals surface area contributed by atoms with Crippen molar-refractivity contribution in [2.45, 2.75) is 171 Å². The number of nitrogens with one attached hydrogen (secondary N) is 2. The van der Waals surface area contributed by atoms with E-state index in [-0.39, 0.29) is 43.2 Å². The first-order valence-electron chi connectivity index (χ1n) is 23.9. The average molecular weight is 915 g/mol. The quantitative estimate of drug-likeness (QED) is 0.189. The van der Waals surface area contributed by atoms with Crippen LogP contribution in [-0.4, -0.2) is 87.1 Å². The first-order chi connectivity index (χ1) is 30.7. The van der Waals surface area contributed by atoms with Crippen LogP contribution in [0, 0.1) is 23.2 Å². The van der Waals surface area contributed by atoms with Gasteiger partial charge in [0.1, 0.15) is 28.8 Å². The van der Waals surface area contributed by atoms with Gasteiger partial charge in [0.2, 0.25) is 21.8 Å². The topological polar surface area (TPSA) is 179 Å². The highest BCUT2D eigenvalue weighted by Crippen LogP contribution is 2.58. The molecule has 0 radical (unpaired) electrons. The molecule has 3 aromatic rings. The lowest BCUT2D eigenvalue weighted by Crippen LogP contribution is -2.52. The molecule has 344 valence electrons. The minimum absolute atomic E-state index is 0.0477. The molecule has 16 heteroatoms. The van der Waals surface area contributed by atoms with E-state index in [0.717, 1.165) is 72.2 Å². The Morgan fingerprint density at radius 1 is 0.953 bits per heavy atom. The summed E-state index contributed by atoms with van der Waals surface area (Å²) in [6, 6.07) is 4.47. The monoisotopic (exact) mass is 914 g/mol. The SMILES string of the molecule is CC(C)n1c(O[C@@H]2C[C@H]3C(=O)C[C@]4(C(=O)NS(=O)(=O)C5(C)CC5)C[C@@H]4/C=C\CCCCC[C@H](NC(=O)OC4C[C@@H]5C[C@@H]5C4)C(=O)N3C2)nc2c(-c3nc(C4CCCC4)cs3)cccc21. The molecule has 1 saturated heterocycles. The zero-order chi connectivity index (χ0) is 44.5. The molecule has 2 N–H and O–H groups in total. The fourth-order valence-corrected chi connectivity index (χ4v) is 13.5. The predicted molar refractivity (Wildman–Crippen MR) is 242 cm³/mol. The highest BCUT2D eigenvalue weighted by atomic mass is 32.2. The van der Waals surface area contributed by atoms with Crippen molar-refractivity contribution in [2.75, 3.05) is 6.54 Å². The number of nitrogens with zero attached hydrogens (tertiary/aromatic N) is 4. The maximum absolute atomic E-state index is 14.9. The summed E-state index contributed by atoms with van der Waals surface area (Å²) in [6.45, 7) is 5.81. The van der Waals surface area contributed by atoms with E-state index in [4.69, 9.17) is 19.4 Å². The molecule has 2 aromatic heterocycles. The fourth-order valence-electron chi connectivity index (χ4n) is 11.2. The standard InChI is InChI=1S/C48H62N6O8S2/c1-28(2)54-38-17-11-15-35(42-49-37(27-63-42)29-12-9-10-13-29)41(38)51-45(54)61-34-23-39-40(55)25-48(44(57)52-64(59,60)47(3)18-19-47)24-32(48)14-7-5-4-6-8-16-36(43(56)53(39)26-34)50-46(58)62-33-21-30-20-31(30)22-33/h7,11,14-15,17,27-34,36,39H,4-6,8-10,12-13,16,18-26H2,1-3H3,(H,50,58)(H,52,57)/b14-7-/t30-,31+,32-,33?,34+,36-,39-,48+/m0/s1. The van der Waals surface area contributed by atoms with E-state index in [9.17, 15) is 27.6 Å². The summed E-state index contributed by atoms with van der Waals surface area (Å²) in [7, 11) is -3.96. The van der Waals surface area contributed by atoms with Crippen LogP contribution in [0.1, 0.15) is 148 Å². The number of Topliss-reactive ketones (excluding diaryl/α,β-unsaturated/α-hetero) is 1. The number of ether oxygens (including phenoxy) is 2. The Labute approximate surface area is 379 Å². The molecular weight excluding hydrogens is 853 g/mol. The molecule has 7 aliphatic rings. The van der Waals surface area contributed by atoms with Crippen LogP contribution in [0.2, 0.25) is 0 Å². The molecule has 1 aromatic carbocycles. The number of rotatable bonds is 10. The lowest BCUT2D eigenvalue weighted by atomic mass is 9.91. The summed E-state index contributed by atoms with van der Waals surface area (Å²) in [5.74, 6) is -0.0130. The van der Waals surface area contributed by atoms with E-state index in [1.54, 1.807) is 18.3 Å². The van der Waals surface area contributed by atoms with Crippen LogP contribution >= 0.6 is 11.3 Å². The Kier molecular flexibility index (Phi) is 11.5. The number of ketones is 1. The Morgan fingerprint density at radius 3 is 2.47 bits per heavy atom. The molecular formula is C48H62N6O8S2. The van der Waals surface area contributed by atoms with Crippen molar-refractivity contribution in [3.8, 4) is 16.6 Å². The molecule has 6 fully saturated rings. The second-order valence-electron chi connectivity index (χ2n) is 20.6. The minimum Gasteiger partial charge on any atom is -0.459 e. The first kappa shape index (κ1) is 43.6. The van der Waals surface area contributed by atoms with E-state index >= 15 is 0 Å². The summed E-state index contributed by atoms with van der Waals surface area (Å²) >= 11 is 1.63. The van der Waals surface area contributed by atoms with E-state index in [1.807, 2.05) is 34.9 Å². The minimum atomic E-state index is -3.96. The normalized spacial score (nSPS) is 32.0. The highest BCUT2D eigenvalue weighted by molar-refractivity contribution is 7.91. The van der Waals surface area contributed by atoms with Crippen LogP contribution in [0.5, 0.6) is 6.01 Å². The number of aromatic nitrogens is 3. The van der Waals surface area contributed by atoms with Gasteiger partial charge in [0.05, 0.1) is 34.0 Å². The number of alkyl carbamates (subject to hydrolysis) is 1. The van der Waals surface area contributed by atoms with Gasteiger partial charge in [-0.3, -0.25) is 23.7 Å². The Morgan fingerprint density at radius 2 is 1.72 bits per heavy atom. The van der Waals surface area contributed by atoms with Crippen molar-refractivity contribution in [3.05, 3.63) is 41.4 Å². The molecule has 3 amide bonds. The van der Waals surface area contributed by atoms with E-state index in [0.29, 0.717) is 55.9 Å². The van der Waals surface area contributed by atoms with Gasteiger partial charge in [-0.05, 0) is 121 Å². The largest absolute Gasteiger partial charge is 0.459 e. The lowest BCUT2D eigenvalue weighted by Gasteiger charge is -2.29. The number of sulfonamides is 1. The number of imidazole rings is 1. The predicted octanol–water partition coefficient (Wildman–Crippen LogP) is 8.12. The summed E-state index contributed by atoms with van der Waals surface area (Å²) in [6.07, 6.45) is 14.7. The summed E-state index contributed by atoms with van der Waals surface area (Å²) in [4.78, 5) is 69.1. The second kappa shape index (κ2) is 16.8. The number of carbonyl (C=O) groups excluding carboxylic acids is 4. The van der Waals surface area contributed by atoms with Gasteiger partial charge in [0, 0.05) is 35.7 Å². The van der Waals surface area contributed by atoms with Crippen molar-refractivity contribution < 1.29 is 37.1 Å². The van der Waals surface area contributed by atoms with E-state index in [2.05, 4.69) is 29.3 Å². The summed E-state index contributed by atoms with van der Waals surface area (Å²) < 4.78 is 42.8. The molecule has 4 heterocycles. The summed E-state index contributed by atoms with van der Waals surface area (Å²) in [5.41, 5.74) is 2.44. The fraction of sp³-hybridized carbons (Fsp3) is 0.667. The number of allylic oxidation sites excluding steroid dienone is 2. The van der Waals surface area contributed by atoms with Crippen molar-refractivity contribution in [1.29, 1.82) is 0 Å². The van der Waals surface area contributed by atoms with Crippen LogP contribution < -0.4 is 14.8 Å². The van der Waals surface area contributed by atoms with Gasteiger partial charge in [-0.1, -0.05) is 43.9 Å². The Bertz CT molecular complexity index is 2460. The molecule has 0 spiro atoms. The van der Waals surface area contributed by atoms with Gasteiger partial charge >= 0.3 is 6.09 Å². The van der Waals surface area contributed by atoms with Crippen molar-refractivity contribution >= 4 is 56.1 Å². The second-order valence-corrected chi connectivity index (χ2v) is 23.6. The van der Waals surface area contributed by atoms with Gasteiger partial charge in [0.25, 0.3) is 6.01 Å². The van der Waals surface area contributed by atoms with Gasteiger partial charge in [-0.25, -0.2) is 18.2 Å². The number of carbonyl (C=O) groups is 4. The smallest absolute Gasteiger partial charge is 0.408 e. The molecule has 8 atom stereocenters. The van der Waals surface area contributed by atoms with Crippen LogP contribution in [0.25, 0.3) is 21.6 Å². The van der Waals surface area contributed by atoms with Crippen LogP contribution in [-0.2, 0) is 29.1 Å². The van der Waals surface area contributed by atoms with E-state index < -0.39 is 56.3 Å². The van der Waals surface area contributed by atoms with Gasteiger partial charge in [0.15, 0.2) is 5.78 Å². The summed E-state index contributed by atoms with van der Waals surface area (Å²) in [5, 5.41) is 5.99. The molecule has 14 nitrogen and oxygen atoms in total. The number of hydrogen-bond donors (Lipinski definition) is 2. The molecule has 10 rings (SSSR count). The molecule has 2 aliphatic heterocycles. The number of thiazole rings is 1. The maximum Gasteiger partial charge on any atom is 0.408 e. The maximum atomic E-state index is 14.9. The zero-order valence-electron chi connectivity index (χ0n) is 37.3. The average Bonchev–Trinajstić information content (AvgIpc) is 3.97. The molecule has 5 saturated carbocycles. The van der Waals surface area contributed by atoms with Crippen molar-refractivity contribution in [3.63, 3.8) is 0 Å². The van der Waals surface area contributed by atoms with Gasteiger partial charge in [-0.15, -0.1) is 11.3 Å². The molecule has 5 aliphatic carbocycles. The Hall–Kier alpha value is -4.31. The van der Waals surface area contributed by atoms with E-state index in [1.165, 1.54) is 24.2 Å². The molecule has 0 bridgehead atoms. The number of hydrogen-bond acceptors (Lipinski definition) is 11. The van der Waals surface area contributed by atoms with Gasteiger partial charge in [-0.2, -0.15) is 4.98 Å². The lowest BCUT2D eigenvalue weighted by molar-refractivity contribution is -0.140. The number of benzene rings is 1. The van der Waals surface area contributed by atoms with Crippen LogP contribution in [0.4, 0.5) is 4.79 Å². The first-order valence-corrected chi connectivity index (χ1v) is 26.3. The third-order valence-corrected chi connectivity index (χ3v) is 18.7.